The Bertz CT molecular complexity index is 477. The minimum Gasteiger partial charge on any atom is -0.152 e. The van der Waals surface area contributed by atoms with Gasteiger partial charge in [0.1, 0.15) is 0 Å². The third-order valence-electron chi connectivity index (χ3n) is 3.13. The van der Waals surface area contributed by atoms with Gasteiger partial charge in [-0.05, 0) is 45.4 Å². The predicted molar refractivity (Wildman–Crippen MR) is 84.8 cm³/mol. The summed E-state index contributed by atoms with van der Waals surface area (Å²) in [5, 5.41) is 4.36. The molecule has 0 nitrogen and oxygen atoms in total. The predicted octanol–water partition coefficient (Wildman–Crippen LogP) is 5.72. The summed E-state index contributed by atoms with van der Waals surface area (Å²) in [6.07, 6.45) is 1.05. The van der Waals surface area contributed by atoms with Crippen molar-refractivity contribution < 1.29 is 0 Å². The number of hydrogen-bond donors (Lipinski definition) is 0. The molecule has 18 heavy (non-hydrogen) atoms. The normalized spacial score (nSPS) is 13.6. The van der Waals surface area contributed by atoms with Crippen LogP contribution in [0.3, 0.4) is 0 Å². The van der Waals surface area contributed by atoms with Crippen LogP contribution in [0.25, 0.3) is 0 Å². The minimum atomic E-state index is 0.230. The van der Waals surface area contributed by atoms with Crippen LogP contribution in [0, 0.1) is 0 Å². The van der Waals surface area contributed by atoms with Gasteiger partial charge in [0.05, 0.1) is 0 Å². The quantitative estimate of drug-likeness (QED) is 0.633. The Morgan fingerprint density at radius 1 is 1.11 bits per heavy atom. The van der Waals surface area contributed by atoms with Gasteiger partial charge in [-0.2, -0.15) is 11.3 Å². The van der Waals surface area contributed by atoms with Gasteiger partial charge in [-0.15, -0.1) is 0 Å². The summed E-state index contributed by atoms with van der Waals surface area (Å²) in [4.78, 5) is 0.404. The molecule has 0 fully saturated rings. The van der Waals surface area contributed by atoms with Gasteiger partial charge in [0, 0.05) is 4.83 Å². The van der Waals surface area contributed by atoms with Crippen molar-refractivity contribution in [2.24, 2.45) is 0 Å². The molecule has 1 aromatic heterocycles. The highest BCUT2D eigenvalue weighted by atomic mass is 79.9. The molecule has 0 aliphatic rings. The van der Waals surface area contributed by atoms with Crippen LogP contribution in [-0.4, -0.2) is 0 Å². The molecular formula is C16H19BrS. The zero-order chi connectivity index (χ0) is 13.2. The zero-order valence-electron chi connectivity index (χ0n) is 11.1. The van der Waals surface area contributed by atoms with Crippen molar-refractivity contribution >= 4 is 27.3 Å². The minimum absolute atomic E-state index is 0.230. The van der Waals surface area contributed by atoms with E-state index in [1.54, 1.807) is 11.3 Å². The Labute approximate surface area is 122 Å². The summed E-state index contributed by atoms with van der Waals surface area (Å²) in [5.41, 5.74) is 4.38. The lowest BCUT2D eigenvalue weighted by atomic mass is 9.86. The van der Waals surface area contributed by atoms with Gasteiger partial charge in [0.15, 0.2) is 0 Å². The SMILES string of the molecule is CC(C)(C)c1ccc(C(Br)Cc2ccsc2)cc1. The van der Waals surface area contributed by atoms with E-state index in [0.29, 0.717) is 4.83 Å². The Morgan fingerprint density at radius 2 is 1.78 bits per heavy atom. The third kappa shape index (κ3) is 3.46. The van der Waals surface area contributed by atoms with Crippen LogP contribution in [-0.2, 0) is 11.8 Å². The maximum absolute atomic E-state index is 3.79. The topological polar surface area (TPSA) is 0 Å². The molecule has 2 rings (SSSR count). The lowest BCUT2D eigenvalue weighted by molar-refractivity contribution is 0.590. The molecule has 2 aromatic rings. The van der Waals surface area contributed by atoms with Crippen molar-refractivity contribution in [1.29, 1.82) is 0 Å². The molecular weight excluding hydrogens is 304 g/mol. The number of halogens is 1. The summed E-state index contributed by atoms with van der Waals surface area (Å²) in [6.45, 7) is 6.75. The highest BCUT2D eigenvalue weighted by Crippen LogP contribution is 2.30. The van der Waals surface area contributed by atoms with Gasteiger partial charge in [-0.1, -0.05) is 61.0 Å². The summed E-state index contributed by atoms with van der Waals surface area (Å²) < 4.78 is 0. The molecule has 0 saturated heterocycles. The Hall–Kier alpha value is -0.600. The second kappa shape index (κ2) is 5.58. The third-order valence-corrected chi connectivity index (χ3v) is 4.72. The van der Waals surface area contributed by atoms with E-state index in [1.165, 1.54) is 16.7 Å². The van der Waals surface area contributed by atoms with Crippen LogP contribution < -0.4 is 0 Å². The molecule has 1 atom stereocenters. The van der Waals surface area contributed by atoms with Crippen molar-refractivity contribution in [2.75, 3.05) is 0 Å². The van der Waals surface area contributed by atoms with Gasteiger partial charge in [-0.25, -0.2) is 0 Å². The van der Waals surface area contributed by atoms with Crippen molar-refractivity contribution in [1.82, 2.24) is 0 Å². The van der Waals surface area contributed by atoms with Gasteiger partial charge in [0.2, 0.25) is 0 Å². The zero-order valence-corrected chi connectivity index (χ0v) is 13.5. The van der Waals surface area contributed by atoms with Crippen LogP contribution in [0.1, 0.15) is 42.3 Å². The Kier molecular flexibility index (Phi) is 4.29. The number of rotatable bonds is 3. The summed E-state index contributed by atoms with van der Waals surface area (Å²) in [5.74, 6) is 0. The van der Waals surface area contributed by atoms with E-state index in [9.17, 15) is 0 Å². The standard InChI is InChI=1S/C16H19BrS/c1-16(2,3)14-6-4-13(5-7-14)15(17)10-12-8-9-18-11-12/h4-9,11,15H,10H2,1-3H3. The first-order chi connectivity index (χ1) is 8.47. The van der Waals surface area contributed by atoms with Crippen molar-refractivity contribution in [3.63, 3.8) is 0 Å². The fourth-order valence-electron chi connectivity index (χ4n) is 1.93. The van der Waals surface area contributed by atoms with Crippen molar-refractivity contribution in [3.05, 3.63) is 57.8 Å². The summed E-state index contributed by atoms with van der Waals surface area (Å²) >= 11 is 5.55. The molecule has 0 aliphatic heterocycles. The first-order valence-corrected chi connectivity index (χ1v) is 8.08. The van der Waals surface area contributed by atoms with Gasteiger partial charge < -0.3 is 0 Å². The number of alkyl halides is 1. The maximum Gasteiger partial charge on any atom is 0.0435 e. The lowest BCUT2D eigenvalue weighted by Gasteiger charge is -2.20. The molecule has 0 amide bonds. The van der Waals surface area contributed by atoms with E-state index >= 15 is 0 Å². The van der Waals surface area contributed by atoms with Crippen LogP contribution in [0.15, 0.2) is 41.1 Å². The van der Waals surface area contributed by atoms with E-state index in [2.05, 4.69) is 77.8 Å². The Morgan fingerprint density at radius 3 is 2.28 bits per heavy atom. The number of benzene rings is 1. The second-order valence-corrected chi connectivity index (χ2v) is 7.56. The van der Waals surface area contributed by atoms with E-state index in [0.717, 1.165) is 6.42 Å². The van der Waals surface area contributed by atoms with Crippen LogP contribution in [0.2, 0.25) is 0 Å². The molecule has 1 heterocycles. The smallest absolute Gasteiger partial charge is 0.0435 e. The van der Waals surface area contributed by atoms with E-state index in [1.807, 2.05) is 0 Å². The number of thiophene rings is 1. The molecule has 1 aromatic carbocycles. The maximum atomic E-state index is 3.79. The molecule has 0 N–H and O–H groups in total. The van der Waals surface area contributed by atoms with Crippen LogP contribution in [0.5, 0.6) is 0 Å². The fraction of sp³-hybridized carbons (Fsp3) is 0.375. The Balaban J connectivity index is 2.10. The summed E-state index contributed by atoms with van der Waals surface area (Å²) in [6, 6.07) is 11.2. The van der Waals surface area contributed by atoms with E-state index in [-0.39, 0.29) is 5.41 Å². The highest BCUT2D eigenvalue weighted by Gasteiger charge is 2.14. The molecule has 0 radical (unpaired) electrons. The highest BCUT2D eigenvalue weighted by molar-refractivity contribution is 9.09. The van der Waals surface area contributed by atoms with Crippen molar-refractivity contribution in [2.45, 2.75) is 37.4 Å². The summed E-state index contributed by atoms with van der Waals surface area (Å²) in [7, 11) is 0. The molecule has 0 bridgehead atoms. The van der Waals surface area contributed by atoms with E-state index < -0.39 is 0 Å². The molecule has 1 unspecified atom stereocenters. The second-order valence-electron chi connectivity index (χ2n) is 5.68. The molecule has 0 spiro atoms. The largest absolute Gasteiger partial charge is 0.152 e. The first-order valence-electron chi connectivity index (χ1n) is 6.22. The van der Waals surface area contributed by atoms with Crippen molar-refractivity contribution in [3.8, 4) is 0 Å². The molecule has 0 saturated carbocycles. The van der Waals surface area contributed by atoms with Crippen LogP contribution >= 0.6 is 27.3 Å². The van der Waals surface area contributed by atoms with Gasteiger partial charge >= 0.3 is 0 Å². The van der Waals surface area contributed by atoms with Gasteiger partial charge in [-0.3, -0.25) is 0 Å². The van der Waals surface area contributed by atoms with Crippen LogP contribution in [0.4, 0.5) is 0 Å². The average molecular weight is 323 g/mol. The average Bonchev–Trinajstić information content (AvgIpc) is 2.81. The van der Waals surface area contributed by atoms with Gasteiger partial charge in [0.25, 0.3) is 0 Å². The number of hydrogen-bond acceptors (Lipinski definition) is 1. The van der Waals surface area contributed by atoms with E-state index in [4.69, 9.17) is 0 Å². The molecule has 96 valence electrons. The first kappa shape index (κ1) is 13.8. The lowest BCUT2D eigenvalue weighted by Crippen LogP contribution is -2.10. The molecule has 2 heteroatoms. The monoisotopic (exact) mass is 322 g/mol. The fourth-order valence-corrected chi connectivity index (χ4v) is 3.29. The molecule has 0 aliphatic carbocycles.